The lowest BCUT2D eigenvalue weighted by atomic mass is 10.0. The molecule has 1 rings (SSSR count). The lowest BCUT2D eigenvalue weighted by Crippen LogP contribution is -2.44. The lowest BCUT2D eigenvalue weighted by Gasteiger charge is -2.35. The van der Waals surface area contributed by atoms with E-state index in [4.69, 9.17) is 0 Å². The van der Waals surface area contributed by atoms with Gasteiger partial charge in [-0.3, -0.25) is 8.67 Å². The highest BCUT2D eigenvalue weighted by molar-refractivity contribution is 6.22. The first-order valence-electron chi connectivity index (χ1n) is 3.90. The third-order valence-corrected chi connectivity index (χ3v) is 3.37. The molecule has 58 valence electrons. The van der Waals surface area contributed by atoms with Crippen LogP contribution in [-0.4, -0.2) is 26.7 Å². The maximum atomic E-state index is 12.3. The zero-order valence-electron chi connectivity index (χ0n) is 6.60. The molecule has 2 radical (unpaired) electrons. The predicted molar refractivity (Wildman–Crippen MR) is 41.5 cm³/mol. The Labute approximate surface area is 64.7 Å². The quantitative estimate of drug-likeness (QED) is 0.416. The van der Waals surface area contributed by atoms with Gasteiger partial charge in [-0.1, -0.05) is 20.3 Å². The molecular formula is C7H14FNSi. The second-order valence-electron chi connectivity index (χ2n) is 3.12. The standard InChI is InChI=1S/C7H14FNSi/c1-6-4-3-5-7(2)9(6)10-8/h6-7H,3-5H2,1-2H3. The van der Waals surface area contributed by atoms with Crippen molar-refractivity contribution in [1.29, 1.82) is 0 Å². The van der Waals surface area contributed by atoms with Crippen LogP contribution < -0.4 is 0 Å². The molecule has 0 spiro atoms. The summed E-state index contributed by atoms with van der Waals surface area (Å²) in [6.07, 6.45) is 3.60. The van der Waals surface area contributed by atoms with Gasteiger partial charge in [-0.05, 0) is 12.8 Å². The van der Waals surface area contributed by atoms with Crippen LogP contribution in [0, 0.1) is 0 Å². The minimum absolute atomic E-state index is 0.465. The molecule has 0 aliphatic carbocycles. The summed E-state index contributed by atoms with van der Waals surface area (Å²) in [7, 11) is -0.499. The van der Waals surface area contributed by atoms with E-state index in [0.29, 0.717) is 12.1 Å². The zero-order valence-corrected chi connectivity index (χ0v) is 7.60. The Morgan fingerprint density at radius 3 is 2.10 bits per heavy atom. The van der Waals surface area contributed by atoms with Crippen molar-refractivity contribution in [2.75, 3.05) is 0 Å². The van der Waals surface area contributed by atoms with Crippen molar-refractivity contribution in [3.05, 3.63) is 0 Å². The van der Waals surface area contributed by atoms with E-state index in [1.54, 1.807) is 0 Å². The summed E-state index contributed by atoms with van der Waals surface area (Å²) >= 11 is 0. The van der Waals surface area contributed by atoms with Crippen LogP contribution in [-0.2, 0) is 0 Å². The van der Waals surface area contributed by atoms with Crippen LogP contribution in [0.2, 0.25) is 0 Å². The summed E-state index contributed by atoms with van der Waals surface area (Å²) in [5.74, 6) is 0. The molecule has 0 aromatic heterocycles. The van der Waals surface area contributed by atoms with Gasteiger partial charge in [0.15, 0.2) is 0 Å². The number of halogens is 1. The van der Waals surface area contributed by atoms with Crippen LogP contribution in [0.4, 0.5) is 4.11 Å². The maximum absolute atomic E-state index is 12.3. The van der Waals surface area contributed by atoms with Gasteiger partial charge in [0.05, 0.1) is 0 Å². The van der Waals surface area contributed by atoms with Crippen LogP contribution >= 0.6 is 0 Å². The highest BCUT2D eigenvalue weighted by Gasteiger charge is 2.24. The summed E-state index contributed by atoms with van der Waals surface area (Å²) in [6.45, 7) is 4.23. The first kappa shape index (κ1) is 8.21. The van der Waals surface area contributed by atoms with Crippen LogP contribution in [0.25, 0.3) is 0 Å². The van der Waals surface area contributed by atoms with Gasteiger partial charge in [-0.2, -0.15) is 0 Å². The Bertz CT molecular complexity index is 99.8. The predicted octanol–water partition coefficient (Wildman–Crippen LogP) is 1.75. The largest absolute Gasteiger partial charge is 0.400 e. The Morgan fingerprint density at radius 1 is 1.30 bits per heavy atom. The normalized spacial score (nSPS) is 36.3. The Hall–Kier alpha value is 0.107. The number of rotatable bonds is 1. The monoisotopic (exact) mass is 159 g/mol. The molecule has 1 nitrogen and oxygen atoms in total. The summed E-state index contributed by atoms with van der Waals surface area (Å²) in [6, 6.07) is 0.930. The lowest BCUT2D eigenvalue weighted by molar-refractivity contribution is 0.197. The van der Waals surface area contributed by atoms with Crippen molar-refractivity contribution in [1.82, 2.24) is 4.57 Å². The molecule has 0 bridgehead atoms. The van der Waals surface area contributed by atoms with E-state index in [-0.39, 0.29) is 0 Å². The minimum Gasteiger partial charge on any atom is -0.293 e. The van der Waals surface area contributed by atoms with Crippen molar-refractivity contribution in [3.8, 4) is 0 Å². The van der Waals surface area contributed by atoms with Crippen molar-refractivity contribution < 1.29 is 4.11 Å². The molecule has 2 atom stereocenters. The van der Waals surface area contributed by atoms with Crippen LogP contribution in [0.15, 0.2) is 0 Å². The average molecular weight is 159 g/mol. The minimum atomic E-state index is -0.499. The van der Waals surface area contributed by atoms with Crippen molar-refractivity contribution in [3.63, 3.8) is 0 Å². The van der Waals surface area contributed by atoms with E-state index in [1.807, 2.05) is 4.57 Å². The molecule has 2 unspecified atom stereocenters. The first-order valence-corrected chi connectivity index (χ1v) is 4.73. The van der Waals surface area contributed by atoms with E-state index in [2.05, 4.69) is 13.8 Å². The highest BCUT2D eigenvalue weighted by atomic mass is 28.3. The molecule has 1 saturated heterocycles. The molecule has 1 fully saturated rings. The number of hydrogen-bond acceptors (Lipinski definition) is 1. The second kappa shape index (κ2) is 3.48. The van der Waals surface area contributed by atoms with E-state index in [9.17, 15) is 4.11 Å². The average Bonchev–Trinajstić information content (AvgIpc) is 1.88. The van der Waals surface area contributed by atoms with Gasteiger partial charge in [-0.25, -0.2) is 0 Å². The number of piperidine rings is 1. The van der Waals surface area contributed by atoms with Crippen molar-refractivity contribution >= 4 is 10.0 Å². The first-order chi connectivity index (χ1) is 4.75. The van der Waals surface area contributed by atoms with E-state index >= 15 is 0 Å². The smallest absolute Gasteiger partial charge is 0.293 e. The van der Waals surface area contributed by atoms with Gasteiger partial charge in [0, 0.05) is 12.1 Å². The van der Waals surface area contributed by atoms with Gasteiger partial charge in [0.25, 0.3) is 0 Å². The van der Waals surface area contributed by atoms with Crippen LogP contribution in [0.1, 0.15) is 33.1 Å². The molecule has 10 heavy (non-hydrogen) atoms. The fraction of sp³-hybridized carbons (Fsp3) is 1.00. The molecule has 0 N–H and O–H groups in total. The van der Waals surface area contributed by atoms with Crippen molar-refractivity contribution in [2.45, 2.75) is 45.2 Å². The molecule has 3 heteroatoms. The van der Waals surface area contributed by atoms with E-state index < -0.39 is 10.0 Å². The fourth-order valence-electron chi connectivity index (χ4n) is 1.59. The van der Waals surface area contributed by atoms with Crippen LogP contribution in [0.3, 0.4) is 0 Å². The molecule has 0 aromatic rings. The van der Waals surface area contributed by atoms with Gasteiger partial charge in [-0.15, -0.1) is 0 Å². The topological polar surface area (TPSA) is 3.24 Å². The molecule has 1 aliphatic heterocycles. The van der Waals surface area contributed by atoms with Gasteiger partial charge < -0.3 is 0 Å². The SMILES string of the molecule is CC1CCCC(C)N1[Si]F. The van der Waals surface area contributed by atoms with Gasteiger partial charge in [0.2, 0.25) is 0 Å². The molecule has 1 aliphatic rings. The Kier molecular flexibility index (Phi) is 2.86. The molecule has 0 aromatic carbocycles. The fourth-order valence-corrected chi connectivity index (χ4v) is 2.18. The highest BCUT2D eigenvalue weighted by Crippen LogP contribution is 2.20. The summed E-state index contributed by atoms with van der Waals surface area (Å²) in [4.78, 5) is 0. The third-order valence-electron chi connectivity index (χ3n) is 2.29. The molecule has 1 heterocycles. The summed E-state index contributed by atoms with van der Waals surface area (Å²) in [5.41, 5.74) is 0. The van der Waals surface area contributed by atoms with Gasteiger partial charge >= 0.3 is 10.0 Å². The van der Waals surface area contributed by atoms with Crippen LogP contribution in [0.5, 0.6) is 0 Å². The van der Waals surface area contributed by atoms with E-state index in [1.165, 1.54) is 19.3 Å². The van der Waals surface area contributed by atoms with Crippen molar-refractivity contribution in [2.24, 2.45) is 0 Å². The molecule has 0 saturated carbocycles. The second-order valence-corrected chi connectivity index (χ2v) is 3.81. The maximum Gasteiger partial charge on any atom is 0.400 e. The summed E-state index contributed by atoms with van der Waals surface area (Å²) in [5, 5.41) is 0. The number of hydrogen-bond donors (Lipinski definition) is 0. The van der Waals surface area contributed by atoms with E-state index in [0.717, 1.165) is 0 Å². The summed E-state index contributed by atoms with van der Waals surface area (Å²) < 4.78 is 14.3. The van der Waals surface area contributed by atoms with Gasteiger partial charge in [0.1, 0.15) is 0 Å². The molecule has 0 amide bonds. The Morgan fingerprint density at radius 2 is 1.80 bits per heavy atom. The Balaban J connectivity index is 2.45. The number of nitrogens with zero attached hydrogens (tertiary/aromatic N) is 1. The molecular weight excluding hydrogens is 145 g/mol. The third kappa shape index (κ3) is 1.58. The zero-order chi connectivity index (χ0) is 7.56.